The van der Waals surface area contributed by atoms with E-state index in [1.807, 2.05) is 84.9 Å². The van der Waals surface area contributed by atoms with Gasteiger partial charge in [0, 0.05) is 24.7 Å². The van der Waals surface area contributed by atoms with Crippen LogP contribution in [0.5, 0.6) is 0 Å². The van der Waals surface area contributed by atoms with Crippen LogP contribution in [0.25, 0.3) is 21.5 Å². The van der Waals surface area contributed by atoms with E-state index in [9.17, 15) is 15.0 Å². The van der Waals surface area contributed by atoms with Crippen LogP contribution in [-0.4, -0.2) is 51.2 Å². The smallest absolute Gasteiger partial charge is 0.238 e. The first kappa shape index (κ1) is 48.2. The van der Waals surface area contributed by atoms with E-state index in [0.29, 0.717) is 25.7 Å². The summed E-state index contributed by atoms with van der Waals surface area (Å²) in [4.78, 5) is 32.3. The number of hydrogen-bond donors (Lipinski definition) is 3. The fraction of sp³-hybridized carbons (Fsp3) is 0.281. The highest BCUT2D eigenvalue weighted by molar-refractivity contribution is 6.04. The Morgan fingerprint density at radius 1 is 0.486 bits per heavy atom. The van der Waals surface area contributed by atoms with E-state index in [4.69, 9.17) is 5.73 Å². The average molecular weight is 927 g/mol. The van der Waals surface area contributed by atoms with E-state index in [1.54, 1.807) is 4.90 Å². The molecule has 0 radical (unpaired) electrons. The van der Waals surface area contributed by atoms with Gasteiger partial charge in [-0.3, -0.25) is 9.59 Å². The quantitative estimate of drug-likeness (QED) is 0.0840. The number of fused-ring (bicyclic) bond motifs is 2. The number of primary amides is 1. The van der Waals surface area contributed by atoms with Crippen molar-refractivity contribution in [2.45, 2.75) is 95.7 Å². The molecule has 8 aromatic carbocycles. The van der Waals surface area contributed by atoms with E-state index in [0.717, 1.165) is 83.6 Å². The Morgan fingerprint density at radius 3 is 1.26 bits per heavy atom. The van der Waals surface area contributed by atoms with Crippen molar-refractivity contribution in [1.82, 2.24) is 4.90 Å². The number of nitrogens with zero attached hydrogens (tertiary/aromatic N) is 1. The van der Waals surface area contributed by atoms with Gasteiger partial charge in [-0.1, -0.05) is 201 Å². The second kappa shape index (κ2) is 20.2. The molecule has 1 fully saturated rings. The van der Waals surface area contributed by atoms with Crippen molar-refractivity contribution in [3.63, 3.8) is 0 Å². The first-order valence-electron chi connectivity index (χ1n) is 25.0. The molecule has 4 atom stereocenters. The number of benzene rings is 8. The average Bonchev–Trinajstić information content (AvgIpc) is 3.36. The second-order valence-corrected chi connectivity index (χ2v) is 20.3. The summed E-state index contributed by atoms with van der Waals surface area (Å²) < 4.78 is 0. The maximum atomic E-state index is 16.4. The van der Waals surface area contributed by atoms with Crippen molar-refractivity contribution in [2.75, 3.05) is 13.1 Å². The molecule has 0 aromatic heterocycles. The lowest BCUT2D eigenvalue weighted by Crippen LogP contribution is -2.61. The van der Waals surface area contributed by atoms with E-state index >= 15 is 4.79 Å². The van der Waals surface area contributed by atoms with Crippen LogP contribution < -0.4 is 5.73 Å². The summed E-state index contributed by atoms with van der Waals surface area (Å²) in [5.74, 6) is -2.48. The molecule has 4 N–H and O–H groups in total. The summed E-state index contributed by atoms with van der Waals surface area (Å²) in [6.07, 6.45) is 3.11. The summed E-state index contributed by atoms with van der Waals surface area (Å²) in [7, 11) is 0. The molecule has 0 saturated heterocycles. The van der Waals surface area contributed by atoms with Crippen LogP contribution in [0.4, 0.5) is 0 Å². The Hall–Kier alpha value is -6.86. The van der Waals surface area contributed by atoms with Crippen molar-refractivity contribution in [1.29, 1.82) is 0 Å². The summed E-state index contributed by atoms with van der Waals surface area (Å²) in [5.41, 5.74) is 11.0. The molecule has 0 spiro atoms. The molecule has 356 valence electrons. The van der Waals surface area contributed by atoms with Gasteiger partial charge in [0.15, 0.2) is 0 Å². The van der Waals surface area contributed by atoms with Gasteiger partial charge < -0.3 is 20.8 Å². The number of nitrogens with two attached hydrogens (primary N) is 1. The molecular weight excluding hydrogens is 861 g/mol. The van der Waals surface area contributed by atoms with Crippen molar-refractivity contribution in [3.8, 4) is 0 Å². The molecule has 8 aromatic rings. The molecule has 4 unspecified atom stereocenters. The van der Waals surface area contributed by atoms with Crippen molar-refractivity contribution in [2.24, 2.45) is 11.1 Å². The van der Waals surface area contributed by atoms with E-state index in [1.165, 1.54) is 0 Å². The minimum absolute atomic E-state index is 0.163. The second-order valence-electron chi connectivity index (χ2n) is 20.3. The van der Waals surface area contributed by atoms with Crippen molar-refractivity contribution in [3.05, 3.63) is 238 Å². The maximum absolute atomic E-state index is 16.4. The molecule has 2 amide bonds. The monoisotopic (exact) mass is 927 g/mol. The highest BCUT2D eigenvalue weighted by atomic mass is 16.3. The number of amides is 2. The van der Waals surface area contributed by atoms with Crippen LogP contribution in [0.15, 0.2) is 182 Å². The van der Waals surface area contributed by atoms with Crippen LogP contribution in [0, 0.1) is 33.1 Å². The van der Waals surface area contributed by atoms with Gasteiger partial charge in [0.25, 0.3) is 0 Å². The topological polar surface area (TPSA) is 104 Å². The molecule has 0 bridgehead atoms. The van der Waals surface area contributed by atoms with Gasteiger partial charge in [0.1, 0.15) is 5.41 Å². The minimum Gasteiger partial charge on any atom is -0.387 e. The van der Waals surface area contributed by atoms with Gasteiger partial charge in [0.2, 0.25) is 11.8 Å². The molecule has 1 aliphatic carbocycles. The summed E-state index contributed by atoms with van der Waals surface area (Å²) >= 11 is 0. The molecule has 1 saturated carbocycles. The molecule has 9 rings (SSSR count). The Bertz CT molecular complexity index is 2970. The van der Waals surface area contributed by atoms with Crippen molar-refractivity contribution < 1.29 is 19.8 Å². The van der Waals surface area contributed by atoms with Crippen molar-refractivity contribution >= 4 is 33.4 Å². The van der Waals surface area contributed by atoms with Gasteiger partial charge in [-0.25, -0.2) is 0 Å². The minimum atomic E-state index is -1.73. The Balaban J connectivity index is 1.34. The van der Waals surface area contributed by atoms with E-state index in [2.05, 4.69) is 125 Å². The fourth-order valence-corrected chi connectivity index (χ4v) is 12.0. The normalized spacial score (nSPS) is 16.2. The lowest BCUT2D eigenvalue weighted by molar-refractivity contribution is -0.159. The van der Waals surface area contributed by atoms with E-state index < -0.39 is 40.3 Å². The van der Waals surface area contributed by atoms with Crippen LogP contribution in [0.3, 0.4) is 0 Å². The molecule has 1 aliphatic rings. The zero-order chi connectivity index (χ0) is 49.0. The third kappa shape index (κ3) is 9.43. The number of carbonyl (C=O) groups excluding carboxylic acids is 2. The van der Waals surface area contributed by atoms with Gasteiger partial charge in [-0.15, -0.1) is 0 Å². The number of rotatable bonds is 16. The molecular formula is C64H66N2O4. The summed E-state index contributed by atoms with van der Waals surface area (Å²) in [5, 5.41) is 33.2. The first-order valence-corrected chi connectivity index (χ1v) is 25.0. The summed E-state index contributed by atoms with van der Waals surface area (Å²) in [6, 6.07) is 61.6. The Morgan fingerprint density at radius 2 is 0.843 bits per heavy atom. The van der Waals surface area contributed by atoms with Crippen LogP contribution >= 0.6 is 0 Å². The Kier molecular flexibility index (Phi) is 13.9. The molecule has 0 heterocycles. The lowest BCUT2D eigenvalue weighted by Gasteiger charge is -2.48. The maximum Gasteiger partial charge on any atom is 0.238 e. The molecule has 0 aliphatic heterocycles. The molecule has 6 nitrogen and oxygen atoms in total. The van der Waals surface area contributed by atoms with E-state index in [-0.39, 0.29) is 25.9 Å². The van der Waals surface area contributed by atoms with Gasteiger partial charge in [0.05, 0.1) is 24.3 Å². The largest absolute Gasteiger partial charge is 0.387 e. The number of aliphatic hydroxyl groups is 2. The van der Waals surface area contributed by atoms with Crippen LogP contribution in [-0.2, 0) is 22.4 Å². The predicted molar refractivity (Wildman–Crippen MR) is 285 cm³/mol. The van der Waals surface area contributed by atoms with Gasteiger partial charge in [-0.05, 0) is 118 Å². The third-order valence-electron chi connectivity index (χ3n) is 15.7. The lowest BCUT2D eigenvalue weighted by atomic mass is 9.68. The standard InChI is InChI=1S/C64H66N2O4/c1-44-22-6-10-28-50(44)40-63(69,58(52-32-14-8-24-46(52)3)56-36-20-30-48-26-12-16-34-54(48)56)42-66(61(68)62(60(65)67)38-18-5-19-39-62)43-64(70,41-51-29-11-7-23-45(51)2)59(53-33-15-9-25-47(53)4)57-37-21-31-49-27-13-17-35-55(49)57/h6-17,20-37,58-59,69-70H,5,18-19,38-43H2,1-4H3,(H2,65,67). The Labute approximate surface area is 413 Å². The molecule has 6 heteroatoms. The third-order valence-corrected chi connectivity index (χ3v) is 15.7. The highest BCUT2D eigenvalue weighted by Gasteiger charge is 2.53. The molecule has 70 heavy (non-hydrogen) atoms. The zero-order valence-corrected chi connectivity index (χ0v) is 41.1. The van der Waals surface area contributed by atoms with Gasteiger partial charge in [-0.2, -0.15) is 0 Å². The summed E-state index contributed by atoms with van der Waals surface area (Å²) in [6.45, 7) is 7.83. The SMILES string of the molecule is Cc1ccccc1CC(O)(CN(CC(O)(Cc1ccccc1C)C(c1ccccc1C)c1cccc2ccccc12)C(=O)C1(C(N)=O)CCCCC1)C(c1ccccc1C)c1cccc2ccccc12. The van der Waals surface area contributed by atoms with Gasteiger partial charge >= 0.3 is 0 Å². The number of carbonyl (C=O) groups is 2. The number of aryl methyl sites for hydroxylation is 4. The van der Waals surface area contributed by atoms with Crippen LogP contribution in [0.2, 0.25) is 0 Å². The zero-order valence-electron chi connectivity index (χ0n) is 41.1. The first-order chi connectivity index (χ1) is 33.8. The fourth-order valence-electron chi connectivity index (χ4n) is 12.0. The van der Waals surface area contributed by atoms with Crippen LogP contribution in [0.1, 0.15) is 99.6 Å². The number of hydrogen-bond acceptors (Lipinski definition) is 4. The highest BCUT2D eigenvalue weighted by Crippen LogP contribution is 2.47. The predicted octanol–water partition coefficient (Wildman–Crippen LogP) is 12.4.